The highest BCUT2D eigenvalue weighted by molar-refractivity contribution is 7.80. The van der Waals surface area contributed by atoms with Gasteiger partial charge in [-0.3, -0.25) is 0 Å². The standard InChI is InChI=1S/C17H19NO3S/c1-2-18(17(19)20)10-11-21-15-9-8-14(12-16(15)22)13-6-4-3-5-7-13/h3-9,12,22H,2,10-11H2,1H3,(H,19,20). The normalized spacial score (nSPS) is 10.3. The van der Waals surface area contributed by atoms with Crippen LogP contribution in [-0.4, -0.2) is 35.8 Å². The molecular formula is C17H19NO3S. The van der Waals surface area contributed by atoms with Crippen molar-refractivity contribution in [2.75, 3.05) is 19.7 Å². The Labute approximate surface area is 135 Å². The molecule has 0 heterocycles. The molecule has 0 spiro atoms. The molecule has 2 rings (SSSR count). The molecule has 22 heavy (non-hydrogen) atoms. The Bertz CT molecular complexity index is 631. The predicted molar refractivity (Wildman–Crippen MR) is 89.9 cm³/mol. The summed E-state index contributed by atoms with van der Waals surface area (Å²) in [6, 6.07) is 15.8. The number of thiol groups is 1. The van der Waals surface area contributed by atoms with Crippen molar-refractivity contribution >= 4 is 18.7 Å². The van der Waals surface area contributed by atoms with Crippen molar-refractivity contribution in [2.24, 2.45) is 0 Å². The molecular weight excluding hydrogens is 298 g/mol. The molecule has 1 N–H and O–H groups in total. The molecule has 0 unspecified atom stereocenters. The van der Waals surface area contributed by atoms with Gasteiger partial charge in [0.15, 0.2) is 0 Å². The Kier molecular flexibility index (Phi) is 5.72. The van der Waals surface area contributed by atoms with Crippen LogP contribution >= 0.6 is 12.6 Å². The number of amides is 1. The number of hydrogen-bond donors (Lipinski definition) is 2. The summed E-state index contributed by atoms with van der Waals surface area (Å²) in [5, 5.41) is 8.94. The maximum Gasteiger partial charge on any atom is 0.407 e. The zero-order chi connectivity index (χ0) is 15.9. The molecule has 0 aromatic heterocycles. The Hall–Kier alpha value is -2.14. The highest BCUT2D eigenvalue weighted by Crippen LogP contribution is 2.29. The predicted octanol–water partition coefficient (Wildman–Crippen LogP) is 4.02. The summed E-state index contributed by atoms with van der Waals surface area (Å²) in [5.74, 6) is 0.657. The molecule has 0 aliphatic carbocycles. The molecule has 0 aliphatic heterocycles. The second-order valence-electron chi connectivity index (χ2n) is 4.76. The first-order chi connectivity index (χ1) is 10.6. The van der Waals surface area contributed by atoms with Crippen LogP contribution < -0.4 is 4.74 Å². The summed E-state index contributed by atoms with van der Waals surface area (Å²) in [7, 11) is 0. The van der Waals surface area contributed by atoms with Crippen LogP contribution in [-0.2, 0) is 0 Å². The van der Waals surface area contributed by atoms with Gasteiger partial charge in [-0.05, 0) is 30.2 Å². The maximum atomic E-state index is 10.9. The Balaban J connectivity index is 2.00. The van der Waals surface area contributed by atoms with Crippen molar-refractivity contribution in [1.29, 1.82) is 0 Å². The molecule has 2 aromatic rings. The van der Waals surface area contributed by atoms with Crippen molar-refractivity contribution in [3.63, 3.8) is 0 Å². The molecule has 0 radical (unpaired) electrons. The van der Waals surface area contributed by atoms with Gasteiger partial charge in [0.25, 0.3) is 0 Å². The van der Waals surface area contributed by atoms with E-state index in [1.807, 2.05) is 48.5 Å². The van der Waals surface area contributed by atoms with E-state index in [9.17, 15) is 4.79 Å². The van der Waals surface area contributed by atoms with Gasteiger partial charge in [-0.2, -0.15) is 0 Å². The molecule has 0 saturated carbocycles. The molecule has 116 valence electrons. The minimum Gasteiger partial charge on any atom is -0.491 e. The molecule has 0 saturated heterocycles. The third-order valence-electron chi connectivity index (χ3n) is 3.34. The van der Waals surface area contributed by atoms with E-state index >= 15 is 0 Å². The minimum atomic E-state index is -0.934. The van der Waals surface area contributed by atoms with E-state index in [0.29, 0.717) is 25.4 Å². The molecule has 0 atom stereocenters. The van der Waals surface area contributed by atoms with Gasteiger partial charge < -0.3 is 14.7 Å². The number of rotatable bonds is 6. The Morgan fingerprint density at radius 3 is 2.50 bits per heavy atom. The van der Waals surface area contributed by atoms with Crippen molar-refractivity contribution in [3.05, 3.63) is 48.5 Å². The summed E-state index contributed by atoms with van der Waals surface area (Å²) in [6.45, 7) is 2.88. The Morgan fingerprint density at radius 2 is 1.91 bits per heavy atom. The third kappa shape index (κ3) is 4.18. The van der Waals surface area contributed by atoms with Crippen molar-refractivity contribution in [2.45, 2.75) is 11.8 Å². The molecule has 0 fully saturated rings. The second kappa shape index (κ2) is 7.75. The van der Waals surface area contributed by atoms with Crippen molar-refractivity contribution in [3.8, 4) is 16.9 Å². The summed E-state index contributed by atoms with van der Waals surface area (Å²) in [4.78, 5) is 12.9. The monoisotopic (exact) mass is 317 g/mol. The number of carboxylic acid groups (broad SMARTS) is 1. The SMILES string of the molecule is CCN(CCOc1ccc(-c2ccccc2)cc1S)C(=O)O. The first kappa shape index (κ1) is 16.2. The number of ether oxygens (including phenoxy) is 1. The quantitative estimate of drug-likeness (QED) is 0.791. The smallest absolute Gasteiger partial charge is 0.407 e. The molecule has 0 aliphatic rings. The van der Waals surface area contributed by atoms with Crippen LogP contribution in [0.1, 0.15) is 6.92 Å². The Morgan fingerprint density at radius 1 is 1.18 bits per heavy atom. The summed E-state index contributed by atoms with van der Waals surface area (Å²) in [6.07, 6.45) is -0.934. The van der Waals surface area contributed by atoms with Gasteiger partial charge in [-0.1, -0.05) is 36.4 Å². The fourth-order valence-electron chi connectivity index (χ4n) is 2.10. The van der Waals surface area contributed by atoms with Gasteiger partial charge in [0.2, 0.25) is 0 Å². The van der Waals surface area contributed by atoms with Crippen molar-refractivity contribution in [1.82, 2.24) is 4.90 Å². The van der Waals surface area contributed by atoms with E-state index in [-0.39, 0.29) is 0 Å². The highest BCUT2D eigenvalue weighted by Gasteiger charge is 2.09. The van der Waals surface area contributed by atoms with Crippen LogP contribution in [0.5, 0.6) is 5.75 Å². The molecule has 4 nitrogen and oxygen atoms in total. The number of carbonyl (C=O) groups is 1. The lowest BCUT2D eigenvalue weighted by molar-refractivity contribution is 0.137. The maximum absolute atomic E-state index is 10.9. The van der Waals surface area contributed by atoms with Gasteiger partial charge in [-0.25, -0.2) is 4.79 Å². The topological polar surface area (TPSA) is 49.8 Å². The molecule has 1 amide bonds. The number of benzene rings is 2. The first-order valence-electron chi connectivity index (χ1n) is 7.11. The largest absolute Gasteiger partial charge is 0.491 e. The average molecular weight is 317 g/mol. The first-order valence-corrected chi connectivity index (χ1v) is 7.55. The minimum absolute atomic E-state index is 0.304. The van der Waals surface area contributed by atoms with E-state index in [0.717, 1.165) is 16.0 Å². The van der Waals surface area contributed by atoms with Crippen LogP contribution in [0.4, 0.5) is 4.79 Å². The summed E-state index contributed by atoms with van der Waals surface area (Å²) in [5.41, 5.74) is 2.19. The van der Waals surface area contributed by atoms with Gasteiger partial charge in [0.1, 0.15) is 12.4 Å². The summed E-state index contributed by atoms with van der Waals surface area (Å²) >= 11 is 4.45. The van der Waals surface area contributed by atoms with Gasteiger partial charge in [0, 0.05) is 11.4 Å². The van der Waals surface area contributed by atoms with Crippen LogP contribution in [0.3, 0.4) is 0 Å². The van der Waals surface area contributed by atoms with Crippen molar-refractivity contribution < 1.29 is 14.6 Å². The van der Waals surface area contributed by atoms with E-state index in [2.05, 4.69) is 12.6 Å². The molecule has 2 aromatic carbocycles. The number of nitrogens with zero attached hydrogens (tertiary/aromatic N) is 1. The lowest BCUT2D eigenvalue weighted by Crippen LogP contribution is -2.33. The molecule has 5 heteroatoms. The zero-order valence-corrected chi connectivity index (χ0v) is 13.3. The fraction of sp³-hybridized carbons (Fsp3) is 0.235. The van der Waals surface area contributed by atoms with Crippen LogP contribution in [0, 0.1) is 0 Å². The number of likely N-dealkylation sites (N-methyl/N-ethyl adjacent to an activating group) is 1. The summed E-state index contributed by atoms with van der Waals surface area (Å²) < 4.78 is 5.63. The van der Waals surface area contributed by atoms with Gasteiger partial charge >= 0.3 is 6.09 Å². The highest BCUT2D eigenvalue weighted by atomic mass is 32.1. The van der Waals surface area contributed by atoms with E-state index in [1.165, 1.54) is 4.90 Å². The van der Waals surface area contributed by atoms with Crippen LogP contribution in [0.25, 0.3) is 11.1 Å². The lowest BCUT2D eigenvalue weighted by Gasteiger charge is -2.17. The molecule has 0 bridgehead atoms. The van der Waals surface area contributed by atoms with Crippen LogP contribution in [0.2, 0.25) is 0 Å². The average Bonchev–Trinajstić information content (AvgIpc) is 2.53. The zero-order valence-electron chi connectivity index (χ0n) is 12.4. The fourth-order valence-corrected chi connectivity index (χ4v) is 2.38. The second-order valence-corrected chi connectivity index (χ2v) is 5.24. The third-order valence-corrected chi connectivity index (χ3v) is 3.69. The number of hydrogen-bond acceptors (Lipinski definition) is 3. The lowest BCUT2D eigenvalue weighted by atomic mass is 10.1. The van der Waals surface area contributed by atoms with E-state index in [1.54, 1.807) is 6.92 Å². The van der Waals surface area contributed by atoms with E-state index < -0.39 is 6.09 Å². The van der Waals surface area contributed by atoms with Crippen LogP contribution in [0.15, 0.2) is 53.4 Å². The van der Waals surface area contributed by atoms with Gasteiger partial charge in [0.05, 0.1) is 6.54 Å². The van der Waals surface area contributed by atoms with Gasteiger partial charge in [-0.15, -0.1) is 12.6 Å². The van der Waals surface area contributed by atoms with E-state index in [4.69, 9.17) is 9.84 Å².